The molecule has 1 saturated carbocycles. The Hall–Kier alpha value is -1.78. The molecule has 5 heteroatoms. The van der Waals surface area contributed by atoms with Crippen molar-refractivity contribution in [1.29, 1.82) is 0 Å². The Morgan fingerprint density at radius 3 is 2.33 bits per heavy atom. The molecule has 0 radical (unpaired) electrons. The molecule has 0 bridgehead atoms. The number of nitrogens with one attached hydrogen (secondary N) is 2. The summed E-state index contributed by atoms with van der Waals surface area (Å²) in [5, 5.41) is 17.7. The topological polar surface area (TPSA) is 67.2 Å². The minimum atomic E-state index is -0.335. The molecule has 1 fully saturated rings. The van der Waals surface area contributed by atoms with Gasteiger partial charge in [0.1, 0.15) is 0 Å². The highest BCUT2D eigenvalue weighted by molar-refractivity contribution is 5.63. The number of rotatable bonds is 5. The van der Waals surface area contributed by atoms with E-state index in [1.54, 1.807) is 12.1 Å². The van der Waals surface area contributed by atoms with Crippen LogP contribution in [-0.4, -0.2) is 17.5 Å². The highest BCUT2D eigenvalue weighted by atomic mass is 16.6. The van der Waals surface area contributed by atoms with Gasteiger partial charge in [0.05, 0.1) is 4.92 Å². The molecule has 0 aromatic heterocycles. The number of nitro groups is 1. The average Bonchev–Trinajstić information content (AvgIpc) is 2.37. The van der Waals surface area contributed by atoms with E-state index in [2.05, 4.69) is 24.5 Å². The summed E-state index contributed by atoms with van der Waals surface area (Å²) < 4.78 is 0. The van der Waals surface area contributed by atoms with Gasteiger partial charge in [-0.05, 0) is 44.1 Å². The summed E-state index contributed by atoms with van der Waals surface area (Å²) in [6.07, 6.45) is 3.53. The van der Waals surface area contributed by atoms with Crippen LogP contribution in [0.15, 0.2) is 18.2 Å². The van der Waals surface area contributed by atoms with E-state index in [-0.39, 0.29) is 10.6 Å². The van der Waals surface area contributed by atoms with Crippen LogP contribution in [0.1, 0.15) is 40.0 Å². The van der Waals surface area contributed by atoms with Crippen LogP contribution in [0, 0.1) is 22.0 Å². The van der Waals surface area contributed by atoms with E-state index >= 15 is 0 Å². The van der Waals surface area contributed by atoms with Gasteiger partial charge in [0.15, 0.2) is 0 Å². The molecule has 1 aromatic carbocycles. The number of benzene rings is 1. The molecule has 2 unspecified atom stereocenters. The first-order valence-corrected chi connectivity index (χ1v) is 7.77. The largest absolute Gasteiger partial charge is 0.385 e. The molecule has 0 aliphatic heterocycles. The Balaban J connectivity index is 2.16. The predicted molar refractivity (Wildman–Crippen MR) is 86.8 cm³/mol. The minimum Gasteiger partial charge on any atom is -0.385 e. The molecule has 116 valence electrons. The third-order valence-electron chi connectivity index (χ3n) is 4.06. The van der Waals surface area contributed by atoms with Crippen molar-refractivity contribution in [2.45, 2.75) is 46.1 Å². The van der Waals surface area contributed by atoms with Gasteiger partial charge in [0.2, 0.25) is 0 Å². The fourth-order valence-corrected chi connectivity index (χ4v) is 3.41. The van der Waals surface area contributed by atoms with E-state index in [0.29, 0.717) is 17.9 Å². The lowest BCUT2D eigenvalue weighted by Crippen LogP contribution is -2.30. The van der Waals surface area contributed by atoms with Crippen molar-refractivity contribution in [2.24, 2.45) is 11.8 Å². The maximum atomic E-state index is 11.1. The summed E-state index contributed by atoms with van der Waals surface area (Å²) in [5.41, 5.74) is 1.77. The van der Waals surface area contributed by atoms with Gasteiger partial charge < -0.3 is 10.6 Å². The molecular weight excluding hydrogens is 266 g/mol. The molecule has 0 heterocycles. The Bertz CT molecular complexity index is 494. The Morgan fingerprint density at radius 2 is 1.76 bits per heavy atom. The normalized spacial score (nSPS) is 25.4. The van der Waals surface area contributed by atoms with Gasteiger partial charge in [-0.2, -0.15) is 0 Å². The average molecular weight is 291 g/mol. The van der Waals surface area contributed by atoms with Crippen molar-refractivity contribution in [2.75, 3.05) is 17.2 Å². The van der Waals surface area contributed by atoms with Gasteiger partial charge >= 0.3 is 0 Å². The molecule has 2 N–H and O–H groups in total. The summed E-state index contributed by atoms with van der Waals surface area (Å²) in [6, 6.07) is 5.58. The molecule has 5 nitrogen and oxygen atoms in total. The summed E-state index contributed by atoms with van der Waals surface area (Å²) in [7, 11) is 0. The summed E-state index contributed by atoms with van der Waals surface area (Å²) in [6.45, 7) is 7.29. The quantitative estimate of drug-likeness (QED) is 0.628. The third-order valence-corrected chi connectivity index (χ3v) is 4.06. The zero-order valence-corrected chi connectivity index (χ0v) is 13.1. The smallest absolute Gasteiger partial charge is 0.273 e. The number of hydrogen-bond acceptors (Lipinski definition) is 4. The van der Waals surface area contributed by atoms with E-state index < -0.39 is 0 Å². The van der Waals surface area contributed by atoms with E-state index in [4.69, 9.17) is 0 Å². The minimum absolute atomic E-state index is 0.132. The lowest BCUT2D eigenvalue weighted by Gasteiger charge is -2.32. The van der Waals surface area contributed by atoms with Crippen LogP contribution in [-0.2, 0) is 0 Å². The molecule has 1 aliphatic carbocycles. The van der Waals surface area contributed by atoms with Crippen LogP contribution in [0.25, 0.3) is 0 Å². The lowest BCUT2D eigenvalue weighted by atomic mass is 9.80. The van der Waals surface area contributed by atoms with Gasteiger partial charge in [-0.15, -0.1) is 0 Å². The van der Waals surface area contributed by atoms with E-state index in [9.17, 15) is 10.1 Å². The van der Waals surface area contributed by atoms with Gasteiger partial charge in [-0.3, -0.25) is 10.1 Å². The van der Waals surface area contributed by atoms with Crippen molar-refractivity contribution in [1.82, 2.24) is 0 Å². The van der Waals surface area contributed by atoms with Gasteiger partial charge in [0.25, 0.3) is 5.69 Å². The Morgan fingerprint density at radius 1 is 1.14 bits per heavy atom. The molecule has 1 aromatic rings. The summed E-state index contributed by atoms with van der Waals surface area (Å²) >= 11 is 0. The maximum absolute atomic E-state index is 11.1. The van der Waals surface area contributed by atoms with E-state index in [1.165, 1.54) is 6.42 Å². The molecular formula is C16H25N3O2. The first-order chi connectivity index (χ1) is 9.97. The molecule has 1 aliphatic rings. The number of nitrogens with zero attached hydrogens (tertiary/aromatic N) is 1. The zero-order chi connectivity index (χ0) is 15.4. The standard InChI is InChI=1S/C16H25N3O2/c1-4-17-13-8-15(10-16(9-13)19(20)21)18-14-6-11(2)5-12(3)7-14/h8-12,14,17-18H,4-7H2,1-3H3. The number of anilines is 2. The summed E-state index contributed by atoms with van der Waals surface area (Å²) in [4.78, 5) is 10.7. The van der Waals surface area contributed by atoms with Crippen molar-refractivity contribution >= 4 is 17.1 Å². The first-order valence-electron chi connectivity index (χ1n) is 7.77. The van der Waals surface area contributed by atoms with Crippen LogP contribution >= 0.6 is 0 Å². The zero-order valence-electron chi connectivity index (χ0n) is 13.1. The number of nitro benzene ring substituents is 1. The third kappa shape index (κ3) is 4.34. The van der Waals surface area contributed by atoms with Crippen molar-refractivity contribution in [3.63, 3.8) is 0 Å². The van der Waals surface area contributed by atoms with Gasteiger partial charge in [0, 0.05) is 36.1 Å². The molecule has 2 atom stereocenters. The highest BCUT2D eigenvalue weighted by Gasteiger charge is 2.24. The molecule has 2 rings (SSSR count). The second-order valence-electron chi connectivity index (χ2n) is 6.31. The SMILES string of the molecule is CCNc1cc(NC2CC(C)CC(C)C2)cc([N+](=O)[O-])c1. The van der Waals surface area contributed by atoms with Gasteiger partial charge in [-0.25, -0.2) is 0 Å². The Kier molecular flexibility index (Phi) is 5.04. The van der Waals surface area contributed by atoms with E-state index in [1.807, 2.05) is 13.0 Å². The lowest BCUT2D eigenvalue weighted by molar-refractivity contribution is -0.384. The number of non-ortho nitro benzene ring substituents is 1. The molecule has 21 heavy (non-hydrogen) atoms. The van der Waals surface area contributed by atoms with Crippen LogP contribution in [0.4, 0.5) is 17.1 Å². The fourth-order valence-electron chi connectivity index (χ4n) is 3.41. The number of hydrogen-bond donors (Lipinski definition) is 2. The van der Waals surface area contributed by atoms with E-state index in [0.717, 1.165) is 30.8 Å². The van der Waals surface area contributed by atoms with Crippen molar-refractivity contribution in [3.8, 4) is 0 Å². The Labute approximate surface area is 126 Å². The molecule has 0 spiro atoms. The van der Waals surface area contributed by atoms with Crippen LogP contribution in [0.3, 0.4) is 0 Å². The van der Waals surface area contributed by atoms with Gasteiger partial charge in [-0.1, -0.05) is 13.8 Å². The molecule has 0 amide bonds. The van der Waals surface area contributed by atoms with Crippen molar-refractivity contribution < 1.29 is 4.92 Å². The highest BCUT2D eigenvalue weighted by Crippen LogP contribution is 2.32. The van der Waals surface area contributed by atoms with Crippen LogP contribution < -0.4 is 10.6 Å². The predicted octanol–water partition coefficient (Wildman–Crippen LogP) is 4.26. The first kappa shape index (κ1) is 15.6. The fraction of sp³-hybridized carbons (Fsp3) is 0.625. The van der Waals surface area contributed by atoms with Crippen LogP contribution in [0.5, 0.6) is 0 Å². The maximum Gasteiger partial charge on any atom is 0.273 e. The second kappa shape index (κ2) is 6.78. The monoisotopic (exact) mass is 291 g/mol. The van der Waals surface area contributed by atoms with Crippen LogP contribution in [0.2, 0.25) is 0 Å². The molecule has 0 saturated heterocycles. The summed E-state index contributed by atoms with van der Waals surface area (Å²) in [5.74, 6) is 1.41. The van der Waals surface area contributed by atoms with Crippen molar-refractivity contribution in [3.05, 3.63) is 28.3 Å². The second-order valence-corrected chi connectivity index (χ2v) is 6.31.